The van der Waals surface area contributed by atoms with E-state index >= 15 is 0 Å². The molecule has 2 rings (SSSR count). The number of rotatable bonds is 3. The topological polar surface area (TPSA) is 72.7 Å². The zero-order valence-electron chi connectivity index (χ0n) is 9.66. The summed E-state index contributed by atoms with van der Waals surface area (Å²) in [6.07, 6.45) is 5.04. The van der Waals surface area contributed by atoms with E-state index < -0.39 is 0 Å². The van der Waals surface area contributed by atoms with Crippen molar-refractivity contribution in [3.05, 3.63) is 36.5 Å². The average Bonchev–Trinajstić information content (AvgIpc) is 2.82. The average molecular weight is 231 g/mol. The Morgan fingerprint density at radius 2 is 2.18 bits per heavy atom. The molecule has 0 fully saturated rings. The van der Waals surface area contributed by atoms with Gasteiger partial charge in [-0.05, 0) is 26.0 Å². The second-order valence-electron chi connectivity index (χ2n) is 3.87. The molecule has 0 aliphatic carbocycles. The third-order valence-corrected chi connectivity index (χ3v) is 2.07. The standard InChI is InChI=1S/C11H13N5O/c1-8(2)13-11(17)9-3-4-10(15-14-9)16-6-5-12-7-16/h3-8H,1-2H3,(H,13,17). The Bertz CT molecular complexity index is 489. The van der Waals surface area contributed by atoms with Gasteiger partial charge in [0.2, 0.25) is 0 Å². The van der Waals surface area contributed by atoms with Gasteiger partial charge in [-0.25, -0.2) is 4.98 Å². The molecule has 6 nitrogen and oxygen atoms in total. The summed E-state index contributed by atoms with van der Waals surface area (Å²) in [5, 5.41) is 10.6. The van der Waals surface area contributed by atoms with Gasteiger partial charge >= 0.3 is 0 Å². The van der Waals surface area contributed by atoms with Gasteiger partial charge in [-0.15, -0.1) is 10.2 Å². The van der Waals surface area contributed by atoms with Gasteiger partial charge in [0.1, 0.15) is 6.33 Å². The van der Waals surface area contributed by atoms with Gasteiger partial charge in [0.05, 0.1) is 0 Å². The highest BCUT2D eigenvalue weighted by atomic mass is 16.1. The number of carbonyl (C=O) groups is 1. The molecule has 0 unspecified atom stereocenters. The van der Waals surface area contributed by atoms with Crippen LogP contribution in [-0.2, 0) is 0 Å². The lowest BCUT2D eigenvalue weighted by atomic mass is 10.3. The predicted octanol–water partition coefficient (Wildman–Crippen LogP) is 0.800. The van der Waals surface area contributed by atoms with Crippen molar-refractivity contribution in [2.45, 2.75) is 19.9 Å². The zero-order chi connectivity index (χ0) is 12.3. The van der Waals surface area contributed by atoms with Gasteiger partial charge < -0.3 is 5.32 Å². The van der Waals surface area contributed by atoms with Crippen LogP contribution in [0, 0.1) is 0 Å². The van der Waals surface area contributed by atoms with Gasteiger partial charge in [0.15, 0.2) is 11.5 Å². The normalized spacial score (nSPS) is 10.5. The molecule has 0 aromatic carbocycles. The summed E-state index contributed by atoms with van der Waals surface area (Å²) in [5.74, 6) is 0.410. The molecule has 0 aliphatic rings. The van der Waals surface area contributed by atoms with E-state index in [-0.39, 0.29) is 11.9 Å². The van der Waals surface area contributed by atoms with Crippen molar-refractivity contribution in [3.8, 4) is 5.82 Å². The van der Waals surface area contributed by atoms with Crippen LogP contribution < -0.4 is 5.32 Å². The molecule has 0 saturated carbocycles. The predicted molar refractivity (Wildman–Crippen MR) is 61.8 cm³/mol. The molecule has 0 bridgehead atoms. The molecular weight excluding hydrogens is 218 g/mol. The minimum atomic E-state index is -0.218. The van der Waals surface area contributed by atoms with E-state index in [0.29, 0.717) is 11.5 Å². The first kappa shape index (κ1) is 11.3. The molecule has 2 aromatic rings. The van der Waals surface area contributed by atoms with Crippen LogP contribution in [0.5, 0.6) is 0 Å². The van der Waals surface area contributed by atoms with Crippen molar-refractivity contribution >= 4 is 5.91 Å². The lowest BCUT2D eigenvalue weighted by Crippen LogP contribution is -2.30. The van der Waals surface area contributed by atoms with Crippen molar-refractivity contribution < 1.29 is 4.79 Å². The molecule has 2 heterocycles. The number of nitrogens with zero attached hydrogens (tertiary/aromatic N) is 4. The molecule has 0 spiro atoms. The minimum Gasteiger partial charge on any atom is -0.348 e. The summed E-state index contributed by atoms with van der Waals surface area (Å²) in [6, 6.07) is 3.45. The van der Waals surface area contributed by atoms with Crippen LogP contribution in [0.2, 0.25) is 0 Å². The van der Waals surface area contributed by atoms with E-state index in [1.165, 1.54) is 0 Å². The smallest absolute Gasteiger partial charge is 0.271 e. The Kier molecular flexibility index (Phi) is 3.13. The Balaban J connectivity index is 2.16. The van der Waals surface area contributed by atoms with Gasteiger partial charge in [0.25, 0.3) is 5.91 Å². The summed E-state index contributed by atoms with van der Waals surface area (Å²) in [6.45, 7) is 3.79. The molecule has 1 amide bonds. The quantitative estimate of drug-likeness (QED) is 0.848. The van der Waals surface area contributed by atoms with Crippen molar-refractivity contribution in [1.82, 2.24) is 25.1 Å². The van der Waals surface area contributed by atoms with E-state index in [9.17, 15) is 4.79 Å². The lowest BCUT2D eigenvalue weighted by molar-refractivity contribution is 0.0937. The molecule has 0 radical (unpaired) electrons. The summed E-state index contributed by atoms with van der Waals surface area (Å²) < 4.78 is 1.72. The number of imidazole rings is 1. The third kappa shape index (κ3) is 2.66. The summed E-state index contributed by atoms with van der Waals surface area (Å²) in [5.41, 5.74) is 0.308. The molecule has 88 valence electrons. The van der Waals surface area contributed by atoms with Crippen LogP contribution in [0.1, 0.15) is 24.3 Å². The Labute approximate surface area is 98.7 Å². The molecule has 0 saturated heterocycles. The van der Waals surface area contributed by atoms with Crippen molar-refractivity contribution in [1.29, 1.82) is 0 Å². The fourth-order valence-corrected chi connectivity index (χ4v) is 1.31. The fourth-order valence-electron chi connectivity index (χ4n) is 1.31. The number of amides is 1. The summed E-state index contributed by atoms with van der Waals surface area (Å²) >= 11 is 0. The summed E-state index contributed by atoms with van der Waals surface area (Å²) in [4.78, 5) is 15.5. The maximum Gasteiger partial charge on any atom is 0.271 e. The van der Waals surface area contributed by atoms with Crippen LogP contribution in [0.15, 0.2) is 30.9 Å². The fraction of sp³-hybridized carbons (Fsp3) is 0.273. The van der Waals surface area contributed by atoms with Gasteiger partial charge in [-0.2, -0.15) is 0 Å². The molecular formula is C11H13N5O. The lowest BCUT2D eigenvalue weighted by Gasteiger charge is -2.07. The molecule has 2 aromatic heterocycles. The largest absolute Gasteiger partial charge is 0.348 e. The molecule has 17 heavy (non-hydrogen) atoms. The zero-order valence-corrected chi connectivity index (χ0v) is 9.66. The highest BCUT2D eigenvalue weighted by Gasteiger charge is 2.09. The Morgan fingerprint density at radius 3 is 2.71 bits per heavy atom. The van der Waals surface area contributed by atoms with Gasteiger partial charge in [0, 0.05) is 18.4 Å². The van der Waals surface area contributed by atoms with Crippen molar-refractivity contribution in [2.75, 3.05) is 0 Å². The third-order valence-electron chi connectivity index (χ3n) is 2.07. The first-order valence-electron chi connectivity index (χ1n) is 5.30. The second-order valence-corrected chi connectivity index (χ2v) is 3.87. The van der Waals surface area contributed by atoms with Crippen LogP contribution in [0.3, 0.4) is 0 Å². The van der Waals surface area contributed by atoms with Crippen LogP contribution in [0.25, 0.3) is 5.82 Å². The second kappa shape index (κ2) is 4.73. The molecule has 0 aliphatic heterocycles. The number of hydrogen-bond donors (Lipinski definition) is 1. The highest BCUT2D eigenvalue weighted by molar-refractivity contribution is 5.92. The van der Waals surface area contributed by atoms with Crippen LogP contribution >= 0.6 is 0 Å². The van der Waals surface area contributed by atoms with E-state index in [2.05, 4.69) is 20.5 Å². The maximum absolute atomic E-state index is 11.6. The van der Waals surface area contributed by atoms with Crippen LogP contribution in [0.4, 0.5) is 0 Å². The monoisotopic (exact) mass is 231 g/mol. The van der Waals surface area contributed by atoms with E-state index in [4.69, 9.17) is 0 Å². The number of hydrogen-bond acceptors (Lipinski definition) is 4. The number of carbonyl (C=O) groups excluding carboxylic acids is 1. The van der Waals surface area contributed by atoms with Crippen molar-refractivity contribution in [3.63, 3.8) is 0 Å². The molecule has 1 N–H and O–H groups in total. The molecule has 6 heteroatoms. The maximum atomic E-state index is 11.6. The number of aromatic nitrogens is 4. The van der Waals surface area contributed by atoms with Crippen LogP contribution in [-0.4, -0.2) is 31.7 Å². The number of nitrogens with one attached hydrogen (secondary N) is 1. The first-order valence-corrected chi connectivity index (χ1v) is 5.30. The Morgan fingerprint density at radius 1 is 1.35 bits per heavy atom. The van der Waals surface area contributed by atoms with Crippen molar-refractivity contribution in [2.24, 2.45) is 0 Å². The van der Waals surface area contributed by atoms with E-state index in [1.54, 1.807) is 35.4 Å². The highest BCUT2D eigenvalue weighted by Crippen LogP contribution is 2.02. The van der Waals surface area contributed by atoms with E-state index in [0.717, 1.165) is 0 Å². The van der Waals surface area contributed by atoms with E-state index in [1.807, 2.05) is 13.8 Å². The Hall–Kier alpha value is -2.24. The SMILES string of the molecule is CC(C)NC(=O)c1ccc(-n2ccnc2)nn1. The van der Waals surface area contributed by atoms with Gasteiger partial charge in [-0.3, -0.25) is 9.36 Å². The molecule has 0 atom stereocenters. The van der Waals surface area contributed by atoms with Gasteiger partial charge in [-0.1, -0.05) is 0 Å². The summed E-state index contributed by atoms with van der Waals surface area (Å²) in [7, 11) is 0. The first-order chi connectivity index (χ1) is 8.16. The minimum absolute atomic E-state index is 0.0811.